The van der Waals surface area contributed by atoms with Crippen LogP contribution in [0, 0.1) is 6.92 Å². The Morgan fingerprint density at radius 2 is 1.62 bits per heavy atom. The SMILES string of the molecule is Cc1c(NC(=O)c2ccc(NC(=O)C(C)Br)cc2)c(=O)n(-c2ccccc2)n1C. The first-order valence-corrected chi connectivity index (χ1v) is 9.91. The number of rotatable bonds is 5. The summed E-state index contributed by atoms with van der Waals surface area (Å²) in [6, 6.07) is 15.7. The van der Waals surface area contributed by atoms with Crippen LogP contribution < -0.4 is 16.2 Å². The third-order valence-corrected chi connectivity index (χ3v) is 4.98. The van der Waals surface area contributed by atoms with E-state index in [1.165, 1.54) is 4.68 Å². The second-order valence-electron chi connectivity index (χ2n) is 6.57. The highest BCUT2D eigenvalue weighted by Gasteiger charge is 2.19. The number of hydrogen-bond acceptors (Lipinski definition) is 3. The molecule has 150 valence electrons. The van der Waals surface area contributed by atoms with Crippen LogP contribution in [-0.2, 0) is 11.8 Å². The molecule has 1 atom stereocenters. The summed E-state index contributed by atoms with van der Waals surface area (Å²) in [6.07, 6.45) is 0. The molecule has 1 aromatic heterocycles. The molecule has 1 unspecified atom stereocenters. The van der Waals surface area contributed by atoms with E-state index >= 15 is 0 Å². The highest BCUT2D eigenvalue weighted by atomic mass is 79.9. The predicted molar refractivity (Wildman–Crippen MR) is 117 cm³/mol. The van der Waals surface area contributed by atoms with E-state index < -0.39 is 5.91 Å². The Hall–Kier alpha value is -3.13. The van der Waals surface area contributed by atoms with Gasteiger partial charge in [0.2, 0.25) is 5.91 Å². The zero-order chi connectivity index (χ0) is 21.1. The summed E-state index contributed by atoms with van der Waals surface area (Å²) in [5, 5.41) is 5.45. The van der Waals surface area contributed by atoms with Gasteiger partial charge in [-0.1, -0.05) is 34.1 Å². The van der Waals surface area contributed by atoms with Crippen LogP contribution in [0.2, 0.25) is 0 Å². The van der Waals surface area contributed by atoms with E-state index in [0.29, 0.717) is 22.6 Å². The van der Waals surface area contributed by atoms with Gasteiger partial charge in [-0.3, -0.25) is 19.1 Å². The number of anilines is 2. The van der Waals surface area contributed by atoms with E-state index in [-0.39, 0.29) is 22.0 Å². The lowest BCUT2D eigenvalue weighted by Crippen LogP contribution is -2.23. The van der Waals surface area contributed by atoms with Crippen molar-refractivity contribution in [3.63, 3.8) is 0 Å². The maximum atomic E-state index is 12.9. The second-order valence-corrected chi connectivity index (χ2v) is 7.95. The molecule has 0 spiro atoms. The number of nitrogens with zero attached hydrogens (tertiary/aromatic N) is 2. The molecule has 29 heavy (non-hydrogen) atoms. The number of aromatic nitrogens is 2. The van der Waals surface area contributed by atoms with Crippen molar-refractivity contribution in [2.24, 2.45) is 7.05 Å². The zero-order valence-electron chi connectivity index (χ0n) is 16.3. The molecule has 2 aromatic carbocycles. The van der Waals surface area contributed by atoms with Crippen molar-refractivity contribution in [3.05, 3.63) is 76.2 Å². The average Bonchev–Trinajstić information content (AvgIpc) is 2.92. The number of halogens is 1. The summed E-state index contributed by atoms with van der Waals surface area (Å²) in [6.45, 7) is 3.50. The van der Waals surface area contributed by atoms with E-state index in [2.05, 4.69) is 26.6 Å². The van der Waals surface area contributed by atoms with E-state index in [4.69, 9.17) is 0 Å². The van der Waals surface area contributed by atoms with Crippen LogP contribution in [0.3, 0.4) is 0 Å². The van der Waals surface area contributed by atoms with Gasteiger partial charge in [0.05, 0.1) is 16.2 Å². The minimum Gasteiger partial charge on any atom is -0.325 e. The summed E-state index contributed by atoms with van der Waals surface area (Å²) < 4.78 is 3.21. The van der Waals surface area contributed by atoms with E-state index in [1.54, 1.807) is 49.8 Å². The Morgan fingerprint density at radius 1 is 1.00 bits per heavy atom. The third-order valence-electron chi connectivity index (χ3n) is 4.57. The average molecular weight is 457 g/mol. The molecule has 7 nitrogen and oxygen atoms in total. The normalized spacial score (nSPS) is 11.7. The molecule has 0 bridgehead atoms. The number of nitrogens with one attached hydrogen (secondary N) is 2. The molecular weight excluding hydrogens is 436 g/mol. The Morgan fingerprint density at radius 3 is 2.21 bits per heavy atom. The maximum Gasteiger partial charge on any atom is 0.295 e. The molecule has 0 saturated carbocycles. The number of benzene rings is 2. The van der Waals surface area contributed by atoms with Crippen LogP contribution in [0.4, 0.5) is 11.4 Å². The molecule has 0 fully saturated rings. The molecule has 3 rings (SSSR count). The number of carbonyl (C=O) groups is 2. The second kappa shape index (κ2) is 8.48. The number of amides is 2. The van der Waals surface area contributed by atoms with E-state index in [9.17, 15) is 14.4 Å². The monoisotopic (exact) mass is 456 g/mol. The van der Waals surface area contributed by atoms with E-state index in [0.717, 1.165) is 0 Å². The van der Waals surface area contributed by atoms with Crippen LogP contribution in [0.15, 0.2) is 59.4 Å². The van der Waals surface area contributed by atoms with Gasteiger partial charge in [-0.05, 0) is 50.2 Å². The van der Waals surface area contributed by atoms with Crippen LogP contribution in [-0.4, -0.2) is 26.0 Å². The summed E-state index contributed by atoms with van der Waals surface area (Å²) in [5.74, 6) is -0.577. The van der Waals surface area contributed by atoms with Gasteiger partial charge in [0, 0.05) is 18.3 Å². The van der Waals surface area contributed by atoms with Crippen LogP contribution >= 0.6 is 15.9 Å². The fourth-order valence-electron chi connectivity index (χ4n) is 2.84. The van der Waals surface area contributed by atoms with Gasteiger partial charge in [-0.2, -0.15) is 0 Å². The van der Waals surface area contributed by atoms with Crippen molar-refractivity contribution in [1.82, 2.24) is 9.36 Å². The minimum atomic E-state index is -0.400. The number of carbonyl (C=O) groups excluding carboxylic acids is 2. The lowest BCUT2D eigenvalue weighted by Gasteiger charge is -2.08. The molecule has 0 saturated heterocycles. The highest BCUT2D eigenvalue weighted by molar-refractivity contribution is 9.10. The fourth-order valence-corrected chi connectivity index (χ4v) is 2.96. The van der Waals surface area contributed by atoms with Crippen molar-refractivity contribution in [2.75, 3.05) is 10.6 Å². The Labute approximate surface area is 176 Å². The van der Waals surface area contributed by atoms with Gasteiger partial charge < -0.3 is 10.6 Å². The molecule has 0 aliphatic rings. The lowest BCUT2D eigenvalue weighted by atomic mass is 10.2. The van der Waals surface area contributed by atoms with E-state index in [1.807, 2.05) is 30.3 Å². The van der Waals surface area contributed by atoms with Crippen molar-refractivity contribution < 1.29 is 9.59 Å². The smallest absolute Gasteiger partial charge is 0.295 e. The molecule has 0 radical (unpaired) electrons. The first-order chi connectivity index (χ1) is 13.8. The summed E-state index contributed by atoms with van der Waals surface area (Å²) in [7, 11) is 1.77. The van der Waals surface area contributed by atoms with Crippen molar-refractivity contribution >= 4 is 39.1 Å². The largest absolute Gasteiger partial charge is 0.325 e. The first-order valence-electron chi connectivity index (χ1n) is 9.00. The van der Waals surface area contributed by atoms with Crippen LogP contribution in [0.1, 0.15) is 23.0 Å². The summed E-state index contributed by atoms with van der Waals surface area (Å²) >= 11 is 3.20. The van der Waals surface area contributed by atoms with Crippen LogP contribution in [0.5, 0.6) is 0 Å². The van der Waals surface area contributed by atoms with Crippen LogP contribution in [0.25, 0.3) is 5.69 Å². The number of hydrogen-bond donors (Lipinski definition) is 2. The Balaban J connectivity index is 1.83. The maximum absolute atomic E-state index is 12.9. The molecule has 1 heterocycles. The van der Waals surface area contributed by atoms with Crippen molar-refractivity contribution in [3.8, 4) is 5.69 Å². The first kappa shape index (κ1) is 20.6. The topological polar surface area (TPSA) is 85.1 Å². The van der Waals surface area contributed by atoms with Crippen molar-refractivity contribution in [1.29, 1.82) is 0 Å². The Kier molecular flexibility index (Phi) is 6.03. The molecule has 8 heteroatoms. The summed E-state index contributed by atoms with van der Waals surface area (Å²) in [5.41, 5.74) is 2.24. The van der Waals surface area contributed by atoms with Gasteiger partial charge in [0.15, 0.2) is 0 Å². The standard InChI is InChI=1S/C21H21BrN4O3/c1-13(22)19(27)23-16-11-9-15(10-12-16)20(28)24-18-14(2)25(3)26(21(18)29)17-7-5-4-6-8-17/h4-13H,1-3H3,(H,23,27)(H,24,28). The molecular formula is C21H21BrN4O3. The summed E-state index contributed by atoms with van der Waals surface area (Å²) in [4.78, 5) is 36.9. The Bertz CT molecular complexity index is 1100. The highest BCUT2D eigenvalue weighted by Crippen LogP contribution is 2.16. The van der Waals surface area contributed by atoms with Gasteiger partial charge >= 0.3 is 0 Å². The van der Waals surface area contributed by atoms with Gasteiger partial charge in [0.1, 0.15) is 5.69 Å². The quantitative estimate of drug-likeness (QED) is 0.576. The molecule has 0 aliphatic carbocycles. The molecule has 2 amide bonds. The number of alkyl halides is 1. The molecule has 0 aliphatic heterocycles. The predicted octanol–water partition coefficient (Wildman–Crippen LogP) is 3.46. The third kappa shape index (κ3) is 4.32. The minimum absolute atomic E-state index is 0.177. The van der Waals surface area contributed by atoms with Gasteiger partial charge in [-0.25, -0.2) is 4.68 Å². The zero-order valence-corrected chi connectivity index (χ0v) is 17.9. The number of para-hydroxylation sites is 1. The molecule has 2 N–H and O–H groups in total. The van der Waals surface area contributed by atoms with Crippen molar-refractivity contribution in [2.45, 2.75) is 18.7 Å². The lowest BCUT2D eigenvalue weighted by molar-refractivity contribution is -0.115. The van der Waals surface area contributed by atoms with Gasteiger partial charge in [0.25, 0.3) is 11.5 Å². The fraction of sp³-hybridized carbons (Fsp3) is 0.190. The van der Waals surface area contributed by atoms with Gasteiger partial charge in [-0.15, -0.1) is 0 Å². The molecule has 3 aromatic rings.